The van der Waals surface area contributed by atoms with Crippen LogP contribution in [-0.4, -0.2) is 27.6 Å². The number of hydrogen-bond donors (Lipinski definition) is 3. The van der Waals surface area contributed by atoms with Gasteiger partial charge in [-0.3, -0.25) is 10.1 Å². The van der Waals surface area contributed by atoms with Crippen molar-refractivity contribution in [3.63, 3.8) is 0 Å². The van der Waals surface area contributed by atoms with E-state index in [0.717, 1.165) is 44.4 Å². The number of hydrogen-bond acceptors (Lipinski definition) is 7. The molecule has 0 unspecified atom stereocenters. The number of rotatable bonds is 7. The smallest absolute Gasteiger partial charge is 0.412 e. The van der Waals surface area contributed by atoms with Crippen molar-refractivity contribution in [3.05, 3.63) is 109 Å². The number of nitrogens with one attached hydrogen (secondary N) is 3. The van der Waals surface area contributed by atoms with Gasteiger partial charge in [0.25, 0.3) is 0 Å². The zero-order valence-corrected chi connectivity index (χ0v) is 24.5. The Bertz CT molecular complexity index is 1960. The zero-order chi connectivity index (χ0) is 30.7. The minimum Gasteiger partial charge on any atom is -0.455 e. The predicted molar refractivity (Wildman–Crippen MR) is 173 cm³/mol. The van der Waals surface area contributed by atoms with Crippen LogP contribution in [0.2, 0.25) is 0 Å². The van der Waals surface area contributed by atoms with Gasteiger partial charge in [-0.25, -0.2) is 14.8 Å². The Hall–Kier alpha value is -5.70. The van der Waals surface area contributed by atoms with E-state index in [1.54, 1.807) is 45.0 Å². The molecule has 0 saturated carbocycles. The highest BCUT2D eigenvalue weighted by Crippen LogP contribution is 2.35. The van der Waals surface area contributed by atoms with E-state index in [0.29, 0.717) is 17.2 Å². The number of anilines is 4. The molecule has 0 bridgehead atoms. The van der Waals surface area contributed by atoms with Crippen molar-refractivity contribution in [2.75, 3.05) is 16.0 Å². The quantitative estimate of drug-likeness (QED) is 0.172. The molecule has 0 saturated heterocycles. The lowest BCUT2D eigenvalue weighted by Gasteiger charge is -2.19. The van der Waals surface area contributed by atoms with Crippen molar-refractivity contribution in [1.29, 1.82) is 0 Å². The highest BCUT2D eigenvalue weighted by molar-refractivity contribution is 6.09. The molecule has 0 atom stereocenters. The molecule has 9 nitrogen and oxygen atoms in total. The van der Waals surface area contributed by atoms with Crippen molar-refractivity contribution in [2.45, 2.75) is 32.8 Å². The molecule has 44 heavy (non-hydrogen) atoms. The lowest BCUT2D eigenvalue weighted by atomic mass is 10.1. The van der Waals surface area contributed by atoms with Crippen LogP contribution in [0.5, 0.6) is 0 Å². The van der Waals surface area contributed by atoms with Gasteiger partial charge in [-0.05, 0) is 74.9 Å². The van der Waals surface area contributed by atoms with Crippen LogP contribution in [-0.2, 0) is 16.0 Å². The average Bonchev–Trinajstić information content (AvgIpc) is 3.37. The van der Waals surface area contributed by atoms with E-state index in [1.165, 1.54) is 6.33 Å². The van der Waals surface area contributed by atoms with Gasteiger partial charge in [0.15, 0.2) is 0 Å². The van der Waals surface area contributed by atoms with Gasteiger partial charge < -0.3 is 19.8 Å². The third-order valence-electron chi connectivity index (χ3n) is 6.75. The Morgan fingerprint density at radius 1 is 0.773 bits per heavy atom. The summed E-state index contributed by atoms with van der Waals surface area (Å²) in [6.45, 7) is 5.41. The monoisotopic (exact) mass is 585 g/mol. The van der Waals surface area contributed by atoms with E-state index in [1.807, 2.05) is 66.7 Å². The number of carbonyl (C=O) groups excluding carboxylic acids is 2. The van der Waals surface area contributed by atoms with Crippen LogP contribution in [0.1, 0.15) is 26.3 Å². The maximum Gasteiger partial charge on any atom is 0.412 e. The number of fused-ring (bicyclic) bond motifs is 3. The van der Waals surface area contributed by atoms with Gasteiger partial charge in [-0.15, -0.1) is 0 Å². The molecule has 6 aromatic rings. The second kappa shape index (κ2) is 11.9. The second-order valence-electron chi connectivity index (χ2n) is 11.3. The first-order valence-corrected chi connectivity index (χ1v) is 14.2. The number of carbonyl (C=O) groups is 2. The Kier molecular flexibility index (Phi) is 7.68. The summed E-state index contributed by atoms with van der Waals surface area (Å²) in [5, 5.41) is 11.0. The van der Waals surface area contributed by atoms with Crippen molar-refractivity contribution < 1.29 is 18.7 Å². The molecule has 0 radical (unpaired) electrons. The Labute approximate surface area is 254 Å². The molecule has 0 spiro atoms. The number of ether oxygens (including phenoxy) is 1. The van der Waals surface area contributed by atoms with Gasteiger partial charge in [0.2, 0.25) is 5.91 Å². The summed E-state index contributed by atoms with van der Waals surface area (Å²) in [4.78, 5) is 33.5. The lowest BCUT2D eigenvalue weighted by Crippen LogP contribution is -2.27. The van der Waals surface area contributed by atoms with E-state index >= 15 is 0 Å². The number of furan rings is 1. The van der Waals surface area contributed by atoms with E-state index in [4.69, 9.17) is 9.15 Å². The maximum atomic E-state index is 12.7. The average molecular weight is 586 g/mol. The second-order valence-corrected chi connectivity index (χ2v) is 11.3. The van der Waals surface area contributed by atoms with E-state index in [-0.39, 0.29) is 12.3 Å². The molecule has 2 amide bonds. The van der Waals surface area contributed by atoms with Gasteiger partial charge in [0.05, 0.1) is 12.1 Å². The zero-order valence-electron chi connectivity index (χ0n) is 24.5. The predicted octanol–water partition coefficient (Wildman–Crippen LogP) is 8.31. The molecule has 9 heteroatoms. The van der Waals surface area contributed by atoms with Crippen molar-refractivity contribution in [1.82, 2.24) is 9.97 Å². The fraction of sp³-hybridized carbons (Fsp3) is 0.143. The first-order valence-electron chi connectivity index (χ1n) is 14.2. The minimum absolute atomic E-state index is 0.154. The largest absolute Gasteiger partial charge is 0.455 e. The van der Waals surface area contributed by atoms with Gasteiger partial charge in [-0.1, -0.05) is 42.5 Å². The maximum absolute atomic E-state index is 12.7. The summed E-state index contributed by atoms with van der Waals surface area (Å²) < 4.78 is 11.4. The highest BCUT2D eigenvalue weighted by atomic mass is 16.6. The lowest BCUT2D eigenvalue weighted by molar-refractivity contribution is -0.115. The first-order chi connectivity index (χ1) is 21.2. The molecule has 0 aliphatic carbocycles. The van der Waals surface area contributed by atoms with Crippen LogP contribution in [0.25, 0.3) is 33.2 Å². The topological polar surface area (TPSA) is 118 Å². The molecule has 2 aromatic heterocycles. The fourth-order valence-corrected chi connectivity index (χ4v) is 4.82. The van der Waals surface area contributed by atoms with Crippen LogP contribution in [0.4, 0.5) is 27.7 Å². The van der Waals surface area contributed by atoms with Crippen LogP contribution >= 0.6 is 0 Å². The van der Waals surface area contributed by atoms with Gasteiger partial charge in [0.1, 0.15) is 28.9 Å². The van der Waals surface area contributed by atoms with Gasteiger partial charge >= 0.3 is 6.09 Å². The number of para-hydroxylation sites is 2. The van der Waals surface area contributed by atoms with Crippen LogP contribution < -0.4 is 16.0 Å². The SMILES string of the molecule is CC(C)(C)OC(=O)Nc1ccc(CC(=O)Nc2ccc(Nc3cc(-c4cccc5c4oc4ccccc45)ncn3)cc2)cc1. The van der Waals surface area contributed by atoms with E-state index in [9.17, 15) is 9.59 Å². The first kappa shape index (κ1) is 28.4. The van der Waals surface area contributed by atoms with Crippen molar-refractivity contribution in [3.8, 4) is 11.3 Å². The third kappa shape index (κ3) is 6.68. The molecule has 4 aromatic carbocycles. The number of nitrogens with zero attached hydrogens (tertiary/aromatic N) is 2. The summed E-state index contributed by atoms with van der Waals surface area (Å²) >= 11 is 0. The van der Waals surface area contributed by atoms with Crippen molar-refractivity contribution >= 4 is 56.8 Å². The highest BCUT2D eigenvalue weighted by Gasteiger charge is 2.16. The van der Waals surface area contributed by atoms with Gasteiger partial charge in [-0.2, -0.15) is 0 Å². The molecule has 3 N–H and O–H groups in total. The molecular weight excluding hydrogens is 554 g/mol. The summed E-state index contributed by atoms with van der Waals surface area (Å²) in [5.41, 5.74) is 5.55. The van der Waals surface area contributed by atoms with E-state index < -0.39 is 11.7 Å². The minimum atomic E-state index is -0.581. The Balaban J connectivity index is 1.07. The third-order valence-corrected chi connectivity index (χ3v) is 6.75. The Morgan fingerprint density at radius 3 is 2.23 bits per heavy atom. The van der Waals surface area contributed by atoms with Crippen LogP contribution in [0, 0.1) is 0 Å². The van der Waals surface area contributed by atoms with Crippen LogP contribution in [0.15, 0.2) is 108 Å². The molecular formula is C35H31N5O4. The summed E-state index contributed by atoms with van der Waals surface area (Å²) in [7, 11) is 0. The summed E-state index contributed by atoms with van der Waals surface area (Å²) in [6, 6.07) is 30.4. The number of aromatic nitrogens is 2. The Morgan fingerprint density at radius 2 is 1.45 bits per heavy atom. The fourth-order valence-electron chi connectivity index (χ4n) is 4.82. The van der Waals surface area contributed by atoms with Gasteiger partial charge in [0, 0.05) is 39.5 Å². The summed E-state index contributed by atoms with van der Waals surface area (Å²) in [6.07, 6.45) is 1.18. The van der Waals surface area contributed by atoms with Crippen molar-refractivity contribution in [2.24, 2.45) is 0 Å². The number of benzene rings is 4. The normalized spacial score (nSPS) is 11.3. The standard InChI is InChI=1S/C35H31N5O4/c1-35(2,3)44-34(42)40-25-13-11-22(12-14-25)19-32(41)39-24-17-15-23(16-18-24)38-31-20-29(36-21-37-31)28-9-6-8-27-26-7-4-5-10-30(26)43-33(27)28/h4-18,20-21H,19H2,1-3H3,(H,39,41)(H,40,42)(H,36,37,38). The molecule has 6 rings (SSSR count). The molecule has 220 valence electrons. The number of amides is 2. The molecule has 2 heterocycles. The summed E-state index contributed by atoms with van der Waals surface area (Å²) in [5.74, 6) is 0.475. The van der Waals surface area contributed by atoms with Crippen LogP contribution in [0.3, 0.4) is 0 Å². The molecule has 0 aliphatic rings. The van der Waals surface area contributed by atoms with E-state index in [2.05, 4.69) is 32.0 Å². The molecule has 0 fully saturated rings. The molecule has 0 aliphatic heterocycles.